The second kappa shape index (κ2) is 6.37. The van der Waals surface area contributed by atoms with E-state index in [1.807, 2.05) is 35.1 Å². The lowest BCUT2D eigenvalue weighted by molar-refractivity contribution is 0.0975. The number of anilines is 1. The zero-order valence-electron chi connectivity index (χ0n) is 12.0. The molecule has 2 N–H and O–H groups in total. The van der Waals surface area contributed by atoms with E-state index in [0.29, 0.717) is 12.0 Å². The molecule has 0 aliphatic carbocycles. The maximum atomic E-state index is 12.2. The van der Waals surface area contributed by atoms with E-state index in [1.54, 1.807) is 6.20 Å². The Kier molecular flexibility index (Phi) is 4.56. The molecular formula is C16H21N3O. The molecule has 2 aromatic rings. The number of Topliss-reactive ketones (excluding diaryl/α,β-unsaturated/α-hetero) is 1. The maximum absolute atomic E-state index is 12.2. The fourth-order valence-corrected chi connectivity index (χ4v) is 2.20. The quantitative estimate of drug-likeness (QED) is 0.648. The summed E-state index contributed by atoms with van der Waals surface area (Å²) < 4.78 is 1.82. The van der Waals surface area contributed by atoms with E-state index >= 15 is 0 Å². The van der Waals surface area contributed by atoms with Crippen LogP contribution in [0.4, 0.5) is 5.69 Å². The number of rotatable bonds is 6. The van der Waals surface area contributed by atoms with Crippen molar-refractivity contribution in [3.8, 4) is 0 Å². The summed E-state index contributed by atoms with van der Waals surface area (Å²) in [6, 6.07) is 7.70. The molecule has 0 fully saturated rings. The van der Waals surface area contributed by atoms with Gasteiger partial charge in [-0.05, 0) is 30.0 Å². The number of aryl methyl sites for hydroxylation is 1. The number of carbonyl (C=O) groups excluding carboxylic acids is 1. The first-order valence-electron chi connectivity index (χ1n) is 7.01. The van der Waals surface area contributed by atoms with Gasteiger partial charge >= 0.3 is 0 Å². The molecule has 1 heterocycles. The first-order valence-corrected chi connectivity index (χ1v) is 7.01. The van der Waals surface area contributed by atoms with Gasteiger partial charge in [-0.15, -0.1) is 0 Å². The molecule has 0 amide bonds. The highest BCUT2D eigenvalue weighted by Crippen LogP contribution is 2.22. The van der Waals surface area contributed by atoms with Crippen molar-refractivity contribution in [2.75, 3.05) is 5.73 Å². The van der Waals surface area contributed by atoms with Crippen LogP contribution >= 0.6 is 0 Å². The summed E-state index contributed by atoms with van der Waals surface area (Å²) in [6.07, 6.45) is 4.99. The van der Waals surface area contributed by atoms with Crippen molar-refractivity contribution in [1.82, 2.24) is 9.78 Å². The van der Waals surface area contributed by atoms with Crippen LogP contribution < -0.4 is 5.73 Å². The van der Waals surface area contributed by atoms with Gasteiger partial charge in [-0.1, -0.05) is 26.0 Å². The van der Waals surface area contributed by atoms with E-state index in [0.717, 1.165) is 24.2 Å². The van der Waals surface area contributed by atoms with Crippen molar-refractivity contribution in [2.45, 2.75) is 39.2 Å². The van der Waals surface area contributed by atoms with Crippen LogP contribution in [0.15, 0.2) is 36.7 Å². The van der Waals surface area contributed by atoms with Crippen LogP contribution in [0.3, 0.4) is 0 Å². The largest absolute Gasteiger partial charge is 0.399 e. The average molecular weight is 271 g/mol. The average Bonchev–Trinajstić information content (AvgIpc) is 2.88. The summed E-state index contributed by atoms with van der Waals surface area (Å²) in [4.78, 5) is 12.2. The van der Waals surface area contributed by atoms with E-state index in [2.05, 4.69) is 18.9 Å². The van der Waals surface area contributed by atoms with Crippen molar-refractivity contribution in [2.24, 2.45) is 0 Å². The van der Waals surface area contributed by atoms with E-state index in [4.69, 9.17) is 5.73 Å². The highest BCUT2D eigenvalue weighted by atomic mass is 16.1. The molecular weight excluding hydrogens is 250 g/mol. The molecule has 1 aromatic carbocycles. The molecule has 1 aromatic heterocycles. The second-order valence-electron chi connectivity index (χ2n) is 5.19. The lowest BCUT2D eigenvalue weighted by Gasteiger charge is -2.10. The van der Waals surface area contributed by atoms with Gasteiger partial charge in [-0.2, -0.15) is 5.10 Å². The van der Waals surface area contributed by atoms with E-state index < -0.39 is 0 Å². The minimum Gasteiger partial charge on any atom is -0.399 e. The van der Waals surface area contributed by atoms with Crippen molar-refractivity contribution in [3.63, 3.8) is 0 Å². The number of nitrogens with two attached hydrogens (primary N) is 1. The van der Waals surface area contributed by atoms with Crippen molar-refractivity contribution in [3.05, 3.63) is 47.8 Å². The van der Waals surface area contributed by atoms with E-state index in [1.165, 1.54) is 0 Å². The van der Waals surface area contributed by atoms with Crippen molar-refractivity contribution >= 4 is 11.5 Å². The van der Waals surface area contributed by atoms with Crippen molar-refractivity contribution in [1.29, 1.82) is 0 Å². The van der Waals surface area contributed by atoms with Crippen LogP contribution in [0.2, 0.25) is 0 Å². The van der Waals surface area contributed by atoms with Gasteiger partial charge in [0.05, 0.1) is 11.8 Å². The number of carbonyl (C=O) groups is 1. The maximum Gasteiger partial charge on any atom is 0.166 e. The molecule has 106 valence electrons. The van der Waals surface area contributed by atoms with Crippen LogP contribution in [0.25, 0.3) is 0 Å². The molecule has 0 bridgehead atoms. The zero-order valence-corrected chi connectivity index (χ0v) is 12.0. The third-order valence-corrected chi connectivity index (χ3v) is 3.41. The molecule has 0 saturated heterocycles. The number of nitrogens with zero attached hydrogens (tertiary/aromatic N) is 2. The summed E-state index contributed by atoms with van der Waals surface area (Å²) in [5.41, 5.74) is 8.24. The van der Waals surface area contributed by atoms with Gasteiger partial charge < -0.3 is 5.73 Å². The Labute approximate surface area is 119 Å². The molecule has 0 radical (unpaired) electrons. The van der Waals surface area contributed by atoms with Gasteiger partial charge in [0.15, 0.2) is 5.78 Å². The number of ketones is 1. The molecule has 1 atom stereocenters. The lowest BCUT2D eigenvalue weighted by atomic mass is 9.94. The Hall–Kier alpha value is -2.10. The monoisotopic (exact) mass is 271 g/mol. The van der Waals surface area contributed by atoms with E-state index in [9.17, 15) is 4.79 Å². The smallest absolute Gasteiger partial charge is 0.166 e. The summed E-state index contributed by atoms with van der Waals surface area (Å²) in [7, 11) is 0. The first-order chi connectivity index (χ1) is 9.60. The third kappa shape index (κ3) is 3.47. The number of benzene rings is 1. The van der Waals surface area contributed by atoms with Gasteiger partial charge in [0, 0.05) is 24.8 Å². The Morgan fingerprint density at radius 3 is 2.70 bits per heavy atom. The topological polar surface area (TPSA) is 60.9 Å². The number of aromatic nitrogens is 2. The summed E-state index contributed by atoms with van der Waals surface area (Å²) in [5.74, 6) is 0.314. The minimum atomic E-state index is 0.136. The highest BCUT2D eigenvalue weighted by molar-refractivity contribution is 5.96. The predicted octanol–water partition coefficient (Wildman–Crippen LogP) is 3.25. The SMILES string of the molecule is CCCn1cc(C(=O)CC(C)c2ccc(N)cc2)cn1. The van der Waals surface area contributed by atoms with Gasteiger partial charge in [0.25, 0.3) is 0 Å². The Morgan fingerprint density at radius 1 is 1.35 bits per heavy atom. The van der Waals surface area contributed by atoms with Crippen LogP contribution in [0.1, 0.15) is 48.5 Å². The molecule has 20 heavy (non-hydrogen) atoms. The number of hydrogen-bond acceptors (Lipinski definition) is 3. The summed E-state index contributed by atoms with van der Waals surface area (Å²) in [5, 5.41) is 4.20. The first kappa shape index (κ1) is 14.3. The molecule has 0 aliphatic rings. The van der Waals surface area contributed by atoms with Crippen LogP contribution in [0.5, 0.6) is 0 Å². The van der Waals surface area contributed by atoms with Gasteiger partial charge in [0.1, 0.15) is 0 Å². The Bertz CT molecular complexity index is 572. The molecule has 2 rings (SSSR count). The fraction of sp³-hybridized carbons (Fsp3) is 0.375. The molecule has 0 aliphatic heterocycles. The van der Waals surface area contributed by atoms with Crippen LogP contribution in [0, 0.1) is 0 Å². The predicted molar refractivity (Wildman–Crippen MR) is 80.7 cm³/mol. The normalized spacial score (nSPS) is 12.3. The molecule has 0 spiro atoms. The van der Waals surface area contributed by atoms with E-state index in [-0.39, 0.29) is 11.7 Å². The highest BCUT2D eigenvalue weighted by Gasteiger charge is 2.14. The number of nitrogen functional groups attached to an aromatic ring is 1. The van der Waals surface area contributed by atoms with Crippen LogP contribution in [-0.4, -0.2) is 15.6 Å². The molecule has 4 nitrogen and oxygen atoms in total. The Morgan fingerprint density at radius 2 is 2.05 bits per heavy atom. The standard InChI is InChI=1S/C16H21N3O/c1-3-8-19-11-14(10-18-19)16(20)9-12(2)13-4-6-15(17)7-5-13/h4-7,10-12H,3,8-9,17H2,1-2H3. The molecule has 1 unspecified atom stereocenters. The Balaban J connectivity index is 2.01. The second-order valence-corrected chi connectivity index (χ2v) is 5.19. The van der Waals surface area contributed by atoms with Gasteiger partial charge in [-0.25, -0.2) is 0 Å². The van der Waals surface area contributed by atoms with Crippen molar-refractivity contribution < 1.29 is 4.79 Å². The molecule has 0 saturated carbocycles. The third-order valence-electron chi connectivity index (χ3n) is 3.41. The zero-order chi connectivity index (χ0) is 14.5. The summed E-state index contributed by atoms with van der Waals surface area (Å²) >= 11 is 0. The van der Waals surface area contributed by atoms with Crippen LogP contribution in [-0.2, 0) is 6.54 Å². The van der Waals surface area contributed by atoms with Gasteiger partial charge in [0.2, 0.25) is 0 Å². The minimum absolute atomic E-state index is 0.136. The number of hydrogen-bond donors (Lipinski definition) is 1. The summed E-state index contributed by atoms with van der Waals surface area (Å²) in [6.45, 7) is 4.99. The fourth-order valence-electron chi connectivity index (χ4n) is 2.20. The molecule has 4 heteroatoms. The van der Waals surface area contributed by atoms with Gasteiger partial charge in [-0.3, -0.25) is 9.48 Å². The lowest BCUT2D eigenvalue weighted by Crippen LogP contribution is -2.04.